The monoisotopic (exact) mass is 1340 g/mol. The van der Waals surface area contributed by atoms with Crippen molar-refractivity contribution >= 4 is 108 Å². The minimum atomic E-state index is -0.0448. The molecule has 8 heteroatoms. The number of anilines is 6. The molecule has 0 fully saturated rings. The maximum atomic E-state index is 5.18. The number of hydrogen-bond acceptors (Lipinski definition) is 5. The van der Waals surface area contributed by atoms with E-state index in [9.17, 15) is 0 Å². The van der Waals surface area contributed by atoms with Crippen LogP contribution in [-0.4, -0.2) is 52.0 Å². The predicted octanol–water partition coefficient (Wildman–Crippen LogP) is 17.6. The van der Waals surface area contributed by atoms with E-state index in [0.717, 1.165) is 83.7 Å². The van der Waals surface area contributed by atoms with Crippen LogP contribution >= 0.6 is 0 Å². The molecule has 0 saturated heterocycles. The van der Waals surface area contributed by atoms with Crippen LogP contribution in [-0.2, 0) is 0 Å². The third-order valence-electron chi connectivity index (χ3n) is 17.9. The Labute approximate surface area is 539 Å². The van der Waals surface area contributed by atoms with Crippen LogP contribution in [0.4, 0.5) is 34.1 Å². The van der Waals surface area contributed by atoms with E-state index in [2.05, 4.69) is 294 Å². The van der Waals surface area contributed by atoms with Gasteiger partial charge in [-0.05, 0) is 36.8 Å². The smallest absolute Gasteiger partial charge is 0.0350 e. The van der Waals surface area contributed by atoms with Crippen LogP contribution in [0.1, 0.15) is 5.56 Å². The fourth-order valence-corrected chi connectivity index (χ4v) is 15.3. The van der Waals surface area contributed by atoms with Gasteiger partial charge in [-0.2, -0.15) is 0 Å². The van der Waals surface area contributed by atoms with Gasteiger partial charge in [0.05, 0.1) is 0 Å². The van der Waals surface area contributed by atoms with Crippen LogP contribution in [0.15, 0.2) is 309 Å². The van der Waals surface area contributed by atoms with E-state index in [4.69, 9.17) is 15.0 Å². The minimum Gasteiger partial charge on any atom is -0.0350 e. The Morgan fingerprint density at radius 2 is 0.711 bits per heavy atom. The standard InChI is InChI=1S/C82H54BN6.Pb.H/c1-54-44-65(82-85-80(58-30-13-5-14-31-58)84-81(86-82)59-32-15-6-16-33-59)50-67(45-54)88-73-39-20-17-36-69(73)70-51-61(42-43-74(70)88)64-52-77-79-78(53-64)89(68-48-62(56-26-9-3-10-27-56)46-63(49-68)57-28-11-4-12-29-57)76-41-22-19-38-72(76)83(79)71-37-18-21-40-75(71)87(77)66-35-23-34-60(47-66)55-24-7-2-8-25-55;;/h2-22,24-53H,1H3;;. The quantitative estimate of drug-likeness (QED) is 0.128. The topological polar surface area (TPSA) is 50.1 Å². The van der Waals surface area contributed by atoms with Crippen molar-refractivity contribution in [2.75, 3.05) is 9.80 Å². The Hall–Kier alpha value is -10.7. The van der Waals surface area contributed by atoms with Gasteiger partial charge in [0.1, 0.15) is 0 Å². The zero-order valence-corrected chi connectivity index (χ0v) is 53.8. The van der Waals surface area contributed by atoms with E-state index < -0.39 is 0 Å². The Kier molecular flexibility index (Phi) is 13.2. The summed E-state index contributed by atoms with van der Waals surface area (Å²) in [6.45, 7) is 2.12. The average molecular weight is 1340 g/mol. The van der Waals surface area contributed by atoms with Crippen molar-refractivity contribution in [3.05, 3.63) is 315 Å². The van der Waals surface area contributed by atoms with Crippen molar-refractivity contribution in [1.82, 2.24) is 19.5 Å². The molecule has 0 amide bonds. The summed E-state index contributed by atoms with van der Waals surface area (Å²) in [5.74, 6) is 1.89. The summed E-state index contributed by atoms with van der Waals surface area (Å²) < 4.78 is 3.77. The zero-order valence-electron chi connectivity index (χ0n) is 49.3. The van der Waals surface area contributed by atoms with Crippen LogP contribution in [0, 0.1) is 6.92 Å². The summed E-state index contributed by atoms with van der Waals surface area (Å²) in [5.41, 5.74) is 27.3. The van der Waals surface area contributed by atoms with Crippen LogP contribution in [0.5, 0.6) is 0 Å². The molecule has 0 atom stereocenters. The summed E-state index contributed by atoms with van der Waals surface area (Å²) in [7, 11) is 0. The normalized spacial score (nSPS) is 12.3. The number of rotatable bonds is 10. The Morgan fingerprint density at radius 1 is 0.289 bits per heavy atom. The number of benzene rings is 13. The summed E-state index contributed by atoms with van der Waals surface area (Å²) >= 11 is 0.618. The molecule has 90 heavy (non-hydrogen) atoms. The Bertz CT molecular complexity index is 5170. The fraction of sp³-hybridized carbons (Fsp3) is 0.0122. The molecule has 0 saturated carbocycles. The SMILES string of the molecule is Cc1cc(-c2nc(-c3ccccc3)nc(-c3ccccc3)n2)cc(-n2c3ccccc3c3cc(-c4cc5c6c(c4)N(c4cc(-c7ccccc7)cc(-c7ccccc7)c4)c4ccccc4B6c4ccccc4N5c4c[c]([PbH])cc(-c5ccccc5)c4)ccc32)c1. The molecule has 2 aliphatic heterocycles. The first-order valence-corrected chi connectivity index (χ1v) is 32.9. The van der Waals surface area contributed by atoms with Gasteiger partial charge < -0.3 is 0 Å². The Balaban J connectivity index is 0.896. The van der Waals surface area contributed by atoms with Crippen molar-refractivity contribution in [2.24, 2.45) is 0 Å². The molecule has 0 N–H and O–H groups in total. The molecule has 6 nitrogen and oxygen atoms in total. The molecule has 4 heterocycles. The summed E-state index contributed by atoms with van der Waals surface area (Å²) in [6.07, 6.45) is 0. The van der Waals surface area contributed by atoms with E-state index in [1.54, 1.807) is 0 Å². The van der Waals surface area contributed by atoms with E-state index in [1.165, 1.54) is 64.2 Å². The van der Waals surface area contributed by atoms with Crippen molar-refractivity contribution in [1.29, 1.82) is 0 Å². The number of fused-ring (bicyclic) bond motifs is 7. The third kappa shape index (κ3) is 9.35. The third-order valence-corrected chi connectivity index (χ3v) is 19.2. The fourth-order valence-electron chi connectivity index (χ4n) is 13.9. The largest absolute Gasteiger partial charge is 0.0350 e. The maximum Gasteiger partial charge on any atom is -0.0350 e. The second-order valence-electron chi connectivity index (χ2n) is 23.5. The van der Waals surface area contributed by atoms with Gasteiger partial charge in [-0.1, -0.05) is 133 Å². The van der Waals surface area contributed by atoms with Crippen LogP contribution in [0.2, 0.25) is 0 Å². The van der Waals surface area contributed by atoms with E-state index in [-0.39, 0.29) is 6.71 Å². The van der Waals surface area contributed by atoms with Crippen molar-refractivity contribution < 1.29 is 0 Å². The number of aryl methyl sites for hydroxylation is 1. The second-order valence-corrected chi connectivity index (χ2v) is 26.1. The van der Waals surface area contributed by atoms with Gasteiger partial charge in [0.25, 0.3) is 0 Å². The predicted molar refractivity (Wildman–Crippen MR) is 378 cm³/mol. The second kappa shape index (κ2) is 22.1. The van der Waals surface area contributed by atoms with Crippen molar-refractivity contribution in [2.45, 2.75) is 6.92 Å². The molecule has 420 valence electrons. The number of para-hydroxylation sites is 3. The molecule has 0 unspecified atom stereocenters. The van der Waals surface area contributed by atoms with Gasteiger partial charge in [-0.3, -0.25) is 0 Å². The van der Waals surface area contributed by atoms with Gasteiger partial charge in [0, 0.05) is 22.4 Å². The number of nitrogens with zero attached hydrogens (tertiary/aromatic N) is 6. The molecule has 0 aliphatic carbocycles. The van der Waals surface area contributed by atoms with Crippen LogP contribution in [0.25, 0.3) is 106 Å². The van der Waals surface area contributed by atoms with Gasteiger partial charge in [-0.25, -0.2) is 15.0 Å². The zero-order chi connectivity index (χ0) is 59.8. The van der Waals surface area contributed by atoms with E-state index >= 15 is 0 Å². The van der Waals surface area contributed by atoms with Crippen LogP contribution in [0.3, 0.4) is 0 Å². The number of hydrogen-bond donors (Lipinski definition) is 0. The average Bonchev–Trinajstić information content (AvgIpc) is 0.819. The van der Waals surface area contributed by atoms with Crippen molar-refractivity contribution in [3.8, 4) is 84.4 Å². The molecule has 2 aliphatic rings. The summed E-state index contributed by atoms with van der Waals surface area (Å²) in [6, 6.07) is 113. The molecule has 13 aromatic carbocycles. The van der Waals surface area contributed by atoms with Gasteiger partial charge in [0.15, 0.2) is 17.5 Å². The summed E-state index contributed by atoms with van der Waals surface area (Å²) in [4.78, 5) is 20.5. The first-order chi connectivity index (χ1) is 44.4. The molecule has 15 aromatic rings. The molecule has 0 spiro atoms. The van der Waals surface area contributed by atoms with Gasteiger partial charge in [0.2, 0.25) is 0 Å². The molecule has 17 rings (SSSR count). The van der Waals surface area contributed by atoms with E-state index in [1.807, 2.05) is 36.4 Å². The van der Waals surface area contributed by atoms with E-state index in [0.29, 0.717) is 43.2 Å². The molecule has 2 radical (unpaired) electrons. The summed E-state index contributed by atoms with van der Waals surface area (Å²) in [5, 5.41) is 2.34. The molecule has 2 aromatic heterocycles. The first kappa shape index (κ1) is 53.5. The van der Waals surface area contributed by atoms with Crippen LogP contribution < -0.4 is 29.3 Å². The molecule has 0 bridgehead atoms. The maximum absolute atomic E-state index is 5.18. The molecular formula is C82H55BN6Pb. The number of aromatic nitrogens is 4. The first-order valence-electron chi connectivity index (χ1n) is 30.6. The minimum absolute atomic E-state index is 0.0448. The Morgan fingerprint density at radius 3 is 1.26 bits per heavy atom. The van der Waals surface area contributed by atoms with Gasteiger partial charge >= 0.3 is 318 Å². The molecular weight excluding hydrogens is 1290 g/mol. The van der Waals surface area contributed by atoms with Gasteiger partial charge in [-0.15, -0.1) is 0 Å². The van der Waals surface area contributed by atoms with Crippen molar-refractivity contribution in [3.63, 3.8) is 0 Å².